The predicted molar refractivity (Wildman–Crippen MR) is 41.7 cm³/mol. The van der Waals surface area contributed by atoms with Crippen LogP contribution in [0.15, 0.2) is 24.3 Å². The van der Waals surface area contributed by atoms with Crippen LogP contribution in [0.3, 0.4) is 0 Å². The number of carbonyl (C=O) groups is 1. The standard InChI is InChI=1S/C9H12O/c1-2-8-5-3-4-6-9(10)7-8/h3-6,8H,2,7H2,1H3. The first-order chi connectivity index (χ1) is 4.83. The Kier molecular flexibility index (Phi) is 2.43. The van der Waals surface area contributed by atoms with Crippen molar-refractivity contribution in [3.63, 3.8) is 0 Å². The number of allylic oxidation sites excluding steroid dienone is 4. The van der Waals surface area contributed by atoms with E-state index in [0.717, 1.165) is 6.42 Å². The molecule has 0 radical (unpaired) electrons. The molecule has 0 aliphatic heterocycles. The fourth-order valence-electron chi connectivity index (χ4n) is 1.06. The van der Waals surface area contributed by atoms with Crippen LogP contribution in [0.25, 0.3) is 0 Å². The minimum atomic E-state index is 0.247. The number of rotatable bonds is 1. The van der Waals surface area contributed by atoms with Gasteiger partial charge in [-0.15, -0.1) is 0 Å². The van der Waals surface area contributed by atoms with E-state index in [4.69, 9.17) is 0 Å². The Bertz CT molecular complexity index is 177. The van der Waals surface area contributed by atoms with E-state index in [1.807, 2.05) is 12.2 Å². The molecule has 1 atom stereocenters. The van der Waals surface area contributed by atoms with Crippen LogP contribution in [0, 0.1) is 5.92 Å². The highest BCUT2D eigenvalue weighted by atomic mass is 16.1. The number of ketones is 1. The van der Waals surface area contributed by atoms with Gasteiger partial charge in [0.2, 0.25) is 0 Å². The first-order valence-electron chi connectivity index (χ1n) is 3.70. The summed E-state index contributed by atoms with van der Waals surface area (Å²) in [5.74, 6) is 0.708. The highest BCUT2D eigenvalue weighted by Crippen LogP contribution is 2.13. The molecule has 1 unspecified atom stereocenters. The van der Waals surface area contributed by atoms with Crippen LogP contribution >= 0.6 is 0 Å². The second-order valence-electron chi connectivity index (χ2n) is 2.58. The van der Waals surface area contributed by atoms with Gasteiger partial charge in [-0.25, -0.2) is 0 Å². The van der Waals surface area contributed by atoms with Gasteiger partial charge < -0.3 is 0 Å². The summed E-state index contributed by atoms with van der Waals surface area (Å²) in [6, 6.07) is 0. The fraction of sp³-hybridized carbons (Fsp3) is 0.444. The summed E-state index contributed by atoms with van der Waals surface area (Å²) >= 11 is 0. The van der Waals surface area contributed by atoms with Crippen molar-refractivity contribution in [1.82, 2.24) is 0 Å². The first kappa shape index (κ1) is 7.26. The molecule has 54 valence electrons. The number of hydrogen-bond acceptors (Lipinski definition) is 1. The van der Waals surface area contributed by atoms with Crippen molar-refractivity contribution in [2.75, 3.05) is 0 Å². The first-order valence-corrected chi connectivity index (χ1v) is 3.70. The van der Waals surface area contributed by atoms with E-state index in [-0.39, 0.29) is 5.78 Å². The summed E-state index contributed by atoms with van der Waals surface area (Å²) in [5.41, 5.74) is 0. The Balaban J connectivity index is 2.59. The zero-order valence-electron chi connectivity index (χ0n) is 6.21. The van der Waals surface area contributed by atoms with Crippen molar-refractivity contribution in [1.29, 1.82) is 0 Å². The Morgan fingerprint density at radius 1 is 1.60 bits per heavy atom. The highest BCUT2D eigenvalue weighted by molar-refractivity contribution is 5.90. The Hall–Kier alpha value is -0.850. The number of carbonyl (C=O) groups excluding carboxylic acids is 1. The second-order valence-corrected chi connectivity index (χ2v) is 2.58. The zero-order valence-corrected chi connectivity index (χ0v) is 6.21. The summed E-state index contributed by atoms with van der Waals surface area (Å²) in [5, 5.41) is 0. The van der Waals surface area contributed by atoms with Gasteiger partial charge in [0.1, 0.15) is 0 Å². The van der Waals surface area contributed by atoms with Crippen molar-refractivity contribution < 1.29 is 4.79 Å². The summed E-state index contributed by atoms with van der Waals surface area (Å²) in [7, 11) is 0. The molecule has 1 rings (SSSR count). The summed E-state index contributed by atoms with van der Waals surface area (Å²) in [4.78, 5) is 10.9. The average Bonchev–Trinajstić information content (AvgIpc) is 2.13. The molecule has 0 bridgehead atoms. The third kappa shape index (κ3) is 1.83. The molecule has 0 fully saturated rings. The topological polar surface area (TPSA) is 17.1 Å². The lowest BCUT2D eigenvalue weighted by Crippen LogP contribution is -2.00. The van der Waals surface area contributed by atoms with Crippen LogP contribution in [0.1, 0.15) is 19.8 Å². The van der Waals surface area contributed by atoms with Crippen LogP contribution in [0.5, 0.6) is 0 Å². The van der Waals surface area contributed by atoms with E-state index in [2.05, 4.69) is 13.0 Å². The molecule has 1 heteroatoms. The Labute approximate surface area is 61.4 Å². The molecule has 1 aliphatic carbocycles. The van der Waals surface area contributed by atoms with Gasteiger partial charge in [0, 0.05) is 6.42 Å². The normalized spacial score (nSPS) is 24.9. The molecular weight excluding hydrogens is 124 g/mol. The fourth-order valence-corrected chi connectivity index (χ4v) is 1.06. The average molecular weight is 136 g/mol. The lowest BCUT2D eigenvalue weighted by atomic mass is 10.0. The van der Waals surface area contributed by atoms with Gasteiger partial charge in [-0.1, -0.05) is 25.2 Å². The monoisotopic (exact) mass is 136 g/mol. The molecule has 1 nitrogen and oxygen atoms in total. The maximum absolute atomic E-state index is 10.9. The predicted octanol–water partition coefficient (Wildman–Crippen LogP) is 2.10. The van der Waals surface area contributed by atoms with Gasteiger partial charge in [-0.3, -0.25) is 4.79 Å². The molecule has 0 spiro atoms. The van der Waals surface area contributed by atoms with Crippen molar-refractivity contribution in [3.8, 4) is 0 Å². The largest absolute Gasteiger partial charge is 0.295 e. The molecule has 0 N–H and O–H groups in total. The lowest BCUT2D eigenvalue weighted by molar-refractivity contribution is -0.115. The molecule has 0 saturated carbocycles. The van der Waals surface area contributed by atoms with Crippen LogP contribution < -0.4 is 0 Å². The van der Waals surface area contributed by atoms with Gasteiger partial charge in [-0.2, -0.15) is 0 Å². The van der Waals surface area contributed by atoms with Crippen LogP contribution in [-0.2, 0) is 4.79 Å². The maximum Gasteiger partial charge on any atom is 0.156 e. The molecule has 1 aliphatic rings. The molecule has 0 heterocycles. The minimum Gasteiger partial charge on any atom is -0.295 e. The maximum atomic E-state index is 10.9. The van der Waals surface area contributed by atoms with Crippen LogP contribution in [0.4, 0.5) is 0 Å². The van der Waals surface area contributed by atoms with Gasteiger partial charge in [0.05, 0.1) is 0 Å². The van der Waals surface area contributed by atoms with E-state index in [9.17, 15) is 4.79 Å². The summed E-state index contributed by atoms with van der Waals surface area (Å²) < 4.78 is 0. The van der Waals surface area contributed by atoms with E-state index in [1.165, 1.54) is 0 Å². The Morgan fingerprint density at radius 2 is 2.40 bits per heavy atom. The van der Waals surface area contributed by atoms with Crippen LogP contribution in [0.2, 0.25) is 0 Å². The minimum absolute atomic E-state index is 0.247. The van der Waals surface area contributed by atoms with E-state index < -0.39 is 0 Å². The van der Waals surface area contributed by atoms with E-state index >= 15 is 0 Å². The SMILES string of the molecule is CCC1C=CC=CC(=O)C1. The van der Waals surface area contributed by atoms with Crippen molar-refractivity contribution in [2.24, 2.45) is 5.92 Å². The molecular formula is C9H12O. The van der Waals surface area contributed by atoms with Gasteiger partial charge in [-0.05, 0) is 18.4 Å². The van der Waals surface area contributed by atoms with Gasteiger partial charge in [0.25, 0.3) is 0 Å². The van der Waals surface area contributed by atoms with Crippen LogP contribution in [-0.4, -0.2) is 5.78 Å². The molecule has 0 aromatic heterocycles. The quantitative estimate of drug-likeness (QED) is 0.539. The highest BCUT2D eigenvalue weighted by Gasteiger charge is 2.07. The molecule has 0 amide bonds. The lowest BCUT2D eigenvalue weighted by Gasteiger charge is -2.03. The number of hydrogen-bond donors (Lipinski definition) is 0. The molecule has 10 heavy (non-hydrogen) atoms. The summed E-state index contributed by atoms with van der Waals surface area (Å²) in [6.07, 6.45) is 9.26. The third-order valence-electron chi connectivity index (χ3n) is 1.76. The molecule has 0 aromatic rings. The molecule has 0 aromatic carbocycles. The smallest absolute Gasteiger partial charge is 0.156 e. The second kappa shape index (κ2) is 3.35. The van der Waals surface area contributed by atoms with Gasteiger partial charge in [0.15, 0.2) is 5.78 Å². The zero-order chi connectivity index (χ0) is 7.40. The van der Waals surface area contributed by atoms with E-state index in [0.29, 0.717) is 12.3 Å². The Morgan fingerprint density at radius 3 is 3.10 bits per heavy atom. The van der Waals surface area contributed by atoms with Crippen molar-refractivity contribution in [2.45, 2.75) is 19.8 Å². The van der Waals surface area contributed by atoms with E-state index in [1.54, 1.807) is 6.08 Å². The summed E-state index contributed by atoms with van der Waals surface area (Å²) in [6.45, 7) is 2.10. The van der Waals surface area contributed by atoms with Gasteiger partial charge >= 0.3 is 0 Å². The third-order valence-corrected chi connectivity index (χ3v) is 1.76. The van der Waals surface area contributed by atoms with Crippen molar-refractivity contribution in [3.05, 3.63) is 24.3 Å². The molecule has 0 saturated heterocycles. The van der Waals surface area contributed by atoms with Crippen molar-refractivity contribution >= 4 is 5.78 Å².